The molecule has 0 aromatic heterocycles. The van der Waals surface area contributed by atoms with E-state index in [9.17, 15) is 4.79 Å². The van der Waals surface area contributed by atoms with Gasteiger partial charge >= 0.3 is 0 Å². The first-order valence-corrected chi connectivity index (χ1v) is 5.08. The number of carbonyl (C=O) groups is 1. The second-order valence-corrected chi connectivity index (χ2v) is 3.88. The molecule has 0 amide bonds. The Hall–Kier alpha value is -1.08. The van der Waals surface area contributed by atoms with Crippen LogP contribution in [0.3, 0.4) is 0 Å². The quantitative estimate of drug-likeness (QED) is 0.537. The Labute approximate surface area is 88.4 Å². The molecule has 2 atom stereocenters. The van der Waals surface area contributed by atoms with E-state index >= 15 is 0 Å². The molecule has 0 bridgehead atoms. The lowest BCUT2D eigenvalue weighted by atomic mass is 9.90. The van der Waals surface area contributed by atoms with Crippen LogP contribution in [0, 0.1) is 5.92 Å². The smallest absolute Gasteiger partial charge is 0.225 e. The molecule has 1 aromatic rings. The van der Waals surface area contributed by atoms with Crippen molar-refractivity contribution in [3.05, 3.63) is 48.0 Å². The van der Waals surface area contributed by atoms with Gasteiger partial charge in [-0.05, 0) is 23.6 Å². The fourth-order valence-corrected chi connectivity index (χ4v) is 2.13. The third-order valence-electron chi connectivity index (χ3n) is 2.64. The Balaban J connectivity index is 2.26. The van der Waals surface area contributed by atoms with Crippen molar-refractivity contribution in [2.24, 2.45) is 5.92 Å². The molecule has 0 heterocycles. The van der Waals surface area contributed by atoms with E-state index in [1.165, 1.54) is 5.56 Å². The molecule has 2 heteroatoms. The first-order valence-electron chi connectivity index (χ1n) is 4.70. The van der Waals surface area contributed by atoms with Crippen LogP contribution in [0.4, 0.5) is 0 Å². The molecule has 1 nitrogen and oxygen atoms in total. The van der Waals surface area contributed by atoms with E-state index < -0.39 is 0 Å². The maximum atomic E-state index is 11.2. The van der Waals surface area contributed by atoms with Gasteiger partial charge in [-0.3, -0.25) is 4.79 Å². The van der Waals surface area contributed by atoms with Gasteiger partial charge in [-0.2, -0.15) is 0 Å². The fraction of sp³-hybridized carbons (Fsp3) is 0.250. The van der Waals surface area contributed by atoms with E-state index in [2.05, 4.69) is 6.08 Å². The molecular formula is C12H11ClO. The third-order valence-corrected chi connectivity index (χ3v) is 2.92. The molecule has 1 aliphatic rings. The zero-order valence-electron chi connectivity index (χ0n) is 7.69. The summed E-state index contributed by atoms with van der Waals surface area (Å²) in [4.78, 5) is 11.2. The topological polar surface area (TPSA) is 17.1 Å². The van der Waals surface area contributed by atoms with Gasteiger partial charge in [-0.1, -0.05) is 42.5 Å². The van der Waals surface area contributed by atoms with E-state index in [1.807, 2.05) is 36.4 Å². The molecule has 14 heavy (non-hydrogen) atoms. The first-order chi connectivity index (χ1) is 6.79. The minimum Gasteiger partial charge on any atom is -0.281 e. The summed E-state index contributed by atoms with van der Waals surface area (Å²) >= 11 is 5.55. The molecule has 0 N–H and O–H groups in total. The Morgan fingerprint density at radius 3 is 2.64 bits per heavy atom. The predicted octanol–water partition coefficient (Wildman–Crippen LogP) is 3.11. The van der Waals surface area contributed by atoms with Crippen LogP contribution in [0.15, 0.2) is 42.5 Å². The minimum absolute atomic E-state index is 0.0703. The average Bonchev–Trinajstić information content (AvgIpc) is 2.67. The monoisotopic (exact) mass is 206 g/mol. The van der Waals surface area contributed by atoms with Crippen molar-refractivity contribution in [3.63, 3.8) is 0 Å². The van der Waals surface area contributed by atoms with Crippen LogP contribution in [-0.2, 0) is 4.79 Å². The van der Waals surface area contributed by atoms with Gasteiger partial charge in [0, 0.05) is 11.8 Å². The summed E-state index contributed by atoms with van der Waals surface area (Å²) in [5.74, 6) is 0.0975. The molecule has 0 radical (unpaired) electrons. The standard InChI is InChI=1S/C12H11ClO/c13-12(14)11-8-4-7-10(11)9-5-2-1-3-6-9/h1-7,10-11H,8H2. The molecule has 1 aromatic carbocycles. The molecule has 0 saturated heterocycles. The van der Waals surface area contributed by atoms with Crippen LogP contribution in [-0.4, -0.2) is 5.24 Å². The molecule has 1 aliphatic carbocycles. The summed E-state index contributed by atoms with van der Waals surface area (Å²) in [6.45, 7) is 0. The Bertz CT molecular complexity index is 356. The van der Waals surface area contributed by atoms with Crippen LogP contribution in [0.1, 0.15) is 17.9 Å². The van der Waals surface area contributed by atoms with Crippen LogP contribution in [0.2, 0.25) is 0 Å². The van der Waals surface area contributed by atoms with Gasteiger partial charge in [0.15, 0.2) is 0 Å². The Morgan fingerprint density at radius 1 is 1.29 bits per heavy atom. The number of hydrogen-bond donors (Lipinski definition) is 0. The number of benzene rings is 1. The van der Waals surface area contributed by atoms with Crippen molar-refractivity contribution in [1.29, 1.82) is 0 Å². The van der Waals surface area contributed by atoms with Crippen molar-refractivity contribution in [2.75, 3.05) is 0 Å². The number of allylic oxidation sites excluding steroid dienone is 2. The van der Waals surface area contributed by atoms with Crippen molar-refractivity contribution in [1.82, 2.24) is 0 Å². The zero-order chi connectivity index (χ0) is 9.97. The normalized spacial score (nSPS) is 25.2. The lowest BCUT2D eigenvalue weighted by Crippen LogP contribution is -2.12. The van der Waals surface area contributed by atoms with Gasteiger partial charge in [0.05, 0.1) is 0 Å². The van der Waals surface area contributed by atoms with Crippen LogP contribution < -0.4 is 0 Å². The van der Waals surface area contributed by atoms with E-state index in [4.69, 9.17) is 11.6 Å². The SMILES string of the molecule is O=C(Cl)C1CC=CC1c1ccccc1. The van der Waals surface area contributed by atoms with E-state index in [0.29, 0.717) is 0 Å². The van der Waals surface area contributed by atoms with E-state index in [1.54, 1.807) is 0 Å². The third kappa shape index (κ3) is 1.73. The predicted molar refractivity (Wildman–Crippen MR) is 57.3 cm³/mol. The summed E-state index contributed by atoms with van der Waals surface area (Å²) in [6.07, 6.45) is 4.87. The molecule has 2 rings (SSSR count). The zero-order valence-corrected chi connectivity index (χ0v) is 8.45. The Kier molecular flexibility index (Phi) is 2.69. The molecule has 0 saturated carbocycles. The van der Waals surface area contributed by atoms with Crippen molar-refractivity contribution < 1.29 is 4.79 Å². The van der Waals surface area contributed by atoms with Gasteiger partial charge in [0.2, 0.25) is 5.24 Å². The largest absolute Gasteiger partial charge is 0.281 e. The molecular weight excluding hydrogens is 196 g/mol. The number of rotatable bonds is 2. The molecule has 0 fully saturated rings. The molecule has 0 spiro atoms. The van der Waals surface area contributed by atoms with Crippen LogP contribution in [0.5, 0.6) is 0 Å². The first kappa shape index (κ1) is 9.47. The lowest BCUT2D eigenvalue weighted by Gasteiger charge is -2.15. The van der Waals surface area contributed by atoms with Crippen LogP contribution in [0.25, 0.3) is 0 Å². The highest BCUT2D eigenvalue weighted by molar-refractivity contribution is 6.64. The van der Waals surface area contributed by atoms with Gasteiger partial charge in [-0.25, -0.2) is 0 Å². The van der Waals surface area contributed by atoms with Crippen molar-refractivity contribution in [3.8, 4) is 0 Å². The van der Waals surface area contributed by atoms with E-state index in [0.717, 1.165) is 6.42 Å². The number of halogens is 1. The van der Waals surface area contributed by atoms with Crippen molar-refractivity contribution >= 4 is 16.8 Å². The Morgan fingerprint density at radius 2 is 2.00 bits per heavy atom. The summed E-state index contributed by atoms with van der Waals surface area (Å²) < 4.78 is 0. The maximum absolute atomic E-state index is 11.2. The highest BCUT2D eigenvalue weighted by Gasteiger charge is 2.28. The summed E-state index contributed by atoms with van der Waals surface area (Å²) in [7, 11) is 0. The lowest BCUT2D eigenvalue weighted by molar-refractivity contribution is -0.115. The maximum Gasteiger partial charge on any atom is 0.225 e. The van der Waals surface area contributed by atoms with E-state index in [-0.39, 0.29) is 17.1 Å². The highest BCUT2D eigenvalue weighted by atomic mass is 35.5. The average molecular weight is 207 g/mol. The fourth-order valence-electron chi connectivity index (χ4n) is 1.91. The number of carbonyl (C=O) groups excluding carboxylic acids is 1. The number of hydrogen-bond acceptors (Lipinski definition) is 1. The van der Waals surface area contributed by atoms with Gasteiger partial charge in [-0.15, -0.1) is 0 Å². The second-order valence-electron chi connectivity index (χ2n) is 3.51. The summed E-state index contributed by atoms with van der Waals surface area (Å²) in [5.41, 5.74) is 1.17. The van der Waals surface area contributed by atoms with Crippen molar-refractivity contribution in [2.45, 2.75) is 12.3 Å². The molecule has 2 unspecified atom stereocenters. The summed E-state index contributed by atoms with van der Waals surface area (Å²) in [5, 5.41) is -0.233. The highest BCUT2D eigenvalue weighted by Crippen LogP contribution is 2.35. The van der Waals surface area contributed by atoms with Gasteiger partial charge in [0.1, 0.15) is 0 Å². The van der Waals surface area contributed by atoms with Gasteiger partial charge in [0.25, 0.3) is 0 Å². The summed E-state index contributed by atoms with van der Waals surface area (Å²) in [6, 6.07) is 10.0. The van der Waals surface area contributed by atoms with Crippen LogP contribution >= 0.6 is 11.6 Å². The second kappa shape index (κ2) is 3.97. The van der Waals surface area contributed by atoms with Gasteiger partial charge < -0.3 is 0 Å². The molecule has 72 valence electrons. The molecule has 0 aliphatic heterocycles. The minimum atomic E-state index is -0.233.